The second-order valence-electron chi connectivity index (χ2n) is 2.78. The fourth-order valence-electron chi connectivity index (χ4n) is 1.28. The maximum absolute atomic E-state index is 11.0. The molecule has 0 spiro atoms. The maximum atomic E-state index is 11.0. The number of carbonyl (C=O) groups excluding carboxylic acids is 1. The minimum atomic E-state index is -0.148. The van der Waals surface area contributed by atoms with Crippen LogP contribution in [-0.2, 0) is 9.53 Å². The topological polar surface area (TPSA) is 52.3 Å². The average Bonchev–Trinajstić information content (AvgIpc) is 2.03. The van der Waals surface area contributed by atoms with Crippen molar-refractivity contribution >= 4 is 5.97 Å². The first-order valence-electron chi connectivity index (χ1n) is 3.74. The average molecular weight is 155 g/mol. The molecule has 2 N–H and O–H groups in total. The lowest BCUT2D eigenvalue weighted by Crippen LogP contribution is -2.28. The molecule has 0 aromatic carbocycles. The lowest BCUT2D eigenvalue weighted by Gasteiger charge is -2.19. The molecule has 11 heavy (non-hydrogen) atoms. The SMILES string of the molecule is COC(=O)C1CC=CC(N)C1. The van der Waals surface area contributed by atoms with E-state index >= 15 is 0 Å². The summed E-state index contributed by atoms with van der Waals surface area (Å²) in [4.78, 5) is 11.0. The Kier molecular flexibility index (Phi) is 2.65. The van der Waals surface area contributed by atoms with Crippen LogP contribution in [-0.4, -0.2) is 19.1 Å². The Balaban J connectivity index is 2.49. The van der Waals surface area contributed by atoms with Crippen molar-refractivity contribution in [3.63, 3.8) is 0 Å². The van der Waals surface area contributed by atoms with E-state index in [-0.39, 0.29) is 17.9 Å². The Hall–Kier alpha value is -0.830. The van der Waals surface area contributed by atoms with Gasteiger partial charge in [-0.05, 0) is 12.8 Å². The zero-order valence-electron chi connectivity index (χ0n) is 6.62. The predicted octanol–water partition coefficient (Wildman–Crippen LogP) is 0.453. The Morgan fingerprint density at radius 1 is 1.73 bits per heavy atom. The zero-order chi connectivity index (χ0) is 8.27. The summed E-state index contributed by atoms with van der Waals surface area (Å²) in [7, 11) is 1.41. The van der Waals surface area contributed by atoms with Crippen LogP contribution in [0.15, 0.2) is 12.2 Å². The number of allylic oxidation sites excluding steroid dienone is 1. The third kappa shape index (κ3) is 2.05. The van der Waals surface area contributed by atoms with E-state index in [0.29, 0.717) is 6.42 Å². The van der Waals surface area contributed by atoms with Crippen molar-refractivity contribution in [1.82, 2.24) is 0 Å². The molecule has 0 heterocycles. The van der Waals surface area contributed by atoms with Gasteiger partial charge in [-0.2, -0.15) is 0 Å². The summed E-state index contributed by atoms with van der Waals surface area (Å²) in [6.07, 6.45) is 5.35. The summed E-state index contributed by atoms with van der Waals surface area (Å²) in [5.41, 5.74) is 5.62. The lowest BCUT2D eigenvalue weighted by molar-refractivity contribution is -0.145. The van der Waals surface area contributed by atoms with E-state index in [1.54, 1.807) is 0 Å². The first-order valence-corrected chi connectivity index (χ1v) is 3.74. The number of carbonyl (C=O) groups is 1. The highest BCUT2D eigenvalue weighted by Gasteiger charge is 2.22. The lowest BCUT2D eigenvalue weighted by atomic mass is 9.92. The Bertz CT molecular complexity index is 177. The molecule has 3 heteroatoms. The van der Waals surface area contributed by atoms with Crippen molar-refractivity contribution in [3.05, 3.63) is 12.2 Å². The van der Waals surface area contributed by atoms with Gasteiger partial charge in [-0.25, -0.2) is 0 Å². The van der Waals surface area contributed by atoms with Crippen LogP contribution in [0.5, 0.6) is 0 Å². The number of esters is 1. The molecule has 2 atom stereocenters. The molecule has 1 rings (SSSR count). The standard InChI is InChI=1S/C8H13NO2/c1-11-8(10)6-3-2-4-7(9)5-6/h2,4,6-7H,3,5,9H2,1H3. The van der Waals surface area contributed by atoms with E-state index in [4.69, 9.17) is 5.73 Å². The maximum Gasteiger partial charge on any atom is 0.309 e. The zero-order valence-corrected chi connectivity index (χ0v) is 6.62. The Labute approximate surface area is 66.2 Å². The van der Waals surface area contributed by atoms with Crippen molar-refractivity contribution in [2.24, 2.45) is 11.7 Å². The summed E-state index contributed by atoms with van der Waals surface area (Å²) in [5, 5.41) is 0. The van der Waals surface area contributed by atoms with Crippen LogP contribution >= 0.6 is 0 Å². The van der Waals surface area contributed by atoms with Gasteiger partial charge in [0.05, 0.1) is 13.0 Å². The second-order valence-corrected chi connectivity index (χ2v) is 2.78. The van der Waals surface area contributed by atoms with Crippen molar-refractivity contribution in [2.75, 3.05) is 7.11 Å². The first kappa shape index (κ1) is 8.27. The number of hydrogen-bond acceptors (Lipinski definition) is 3. The Morgan fingerprint density at radius 2 is 2.45 bits per heavy atom. The van der Waals surface area contributed by atoms with Crippen molar-refractivity contribution in [1.29, 1.82) is 0 Å². The van der Waals surface area contributed by atoms with E-state index in [2.05, 4.69) is 4.74 Å². The molecule has 2 unspecified atom stereocenters. The summed E-state index contributed by atoms with van der Waals surface area (Å²) in [6, 6.07) is 0.0212. The van der Waals surface area contributed by atoms with Gasteiger partial charge in [0.15, 0.2) is 0 Å². The van der Waals surface area contributed by atoms with Gasteiger partial charge in [0.1, 0.15) is 0 Å². The largest absolute Gasteiger partial charge is 0.469 e. The van der Waals surface area contributed by atoms with Crippen LogP contribution in [0.2, 0.25) is 0 Å². The first-order chi connectivity index (χ1) is 5.24. The third-order valence-corrected chi connectivity index (χ3v) is 1.90. The van der Waals surface area contributed by atoms with Gasteiger partial charge in [0.2, 0.25) is 0 Å². The summed E-state index contributed by atoms with van der Waals surface area (Å²) >= 11 is 0. The summed E-state index contributed by atoms with van der Waals surface area (Å²) in [5.74, 6) is -0.176. The highest BCUT2D eigenvalue weighted by Crippen LogP contribution is 2.18. The highest BCUT2D eigenvalue weighted by atomic mass is 16.5. The van der Waals surface area contributed by atoms with Crippen LogP contribution in [0, 0.1) is 5.92 Å². The van der Waals surface area contributed by atoms with E-state index < -0.39 is 0 Å². The molecular formula is C8H13NO2. The van der Waals surface area contributed by atoms with Crippen LogP contribution in [0.25, 0.3) is 0 Å². The summed E-state index contributed by atoms with van der Waals surface area (Å²) in [6.45, 7) is 0. The van der Waals surface area contributed by atoms with Crippen LogP contribution in [0.4, 0.5) is 0 Å². The van der Waals surface area contributed by atoms with Gasteiger partial charge >= 0.3 is 5.97 Å². The smallest absolute Gasteiger partial charge is 0.309 e. The van der Waals surface area contributed by atoms with E-state index in [1.165, 1.54) is 7.11 Å². The van der Waals surface area contributed by atoms with Crippen LogP contribution in [0.3, 0.4) is 0 Å². The molecule has 0 saturated carbocycles. The van der Waals surface area contributed by atoms with Gasteiger partial charge < -0.3 is 10.5 Å². The van der Waals surface area contributed by atoms with E-state index in [0.717, 1.165) is 6.42 Å². The molecule has 0 bridgehead atoms. The summed E-state index contributed by atoms with van der Waals surface area (Å²) < 4.78 is 4.61. The highest BCUT2D eigenvalue weighted by molar-refractivity contribution is 5.72. The second kappa shape index (κ2) is 3.53. The molecule has 0 fully saturated rings. The molecule has 62 valence electrons. The monoisotopic (exact) mass is 155 g/mol. The van der Waals surface area contributed by atoms with Gasteiger partial charge in [-0.1, -0.05) is 12.2 Å². The van der Waals surface area contributed by atoms with Crippen molar-refractivity contribution < 1.29 is 9.53 Å². The van der Waals surface area contributed by atoms with Gasteiger partial charge in [0, 0.05) is 6.04 Å². The molecule has 3 nitrogen and oxygen atoms in total. The van der Waals surface area contributed by atoms with E-state index in [1.807, 2.05) is 12.2 Å². The molecule has 0 saturated heterocycles. The minimum absolute atomic E-state index is 0.0212. The molecule has 1 aliphatic carbocycles. The van der Waals surface area contributed by atoms with Crippen molar-refractivity contribution in [2.45, 2.75) is 18.9 Å². The third-order valence-electron chi connectivity index (χ3n) is 1.90. The number of rotatable bonds is 1. The quantitative estimate of drug-likeness (QED) is 0.442. The number of hydrogen-bond donors (Lipinski definition) is 1. The van der Waals surface area contributed by atoms with Gasteiger partial charge in [-0.3, -0.25) is 4.79 Å². The van der Waals surface area contributed by atoms with Gasteiger partial charge in [-0.15, -0.1) is 0 Å². The Morgan fingerprint density at radius 3 is 3.00 bits per heavy atom. The normalized spacial score (nSPS) is 30.0. The molecule has 0 amide bonds. The fourth-order valence-corrected chi connectivity index (χ4v) is 1.28. The van der Waals surface area contributed by atoms with Gasteiger partial charge in [0.25, 0.3) is 0 Å². The predicted molar refractivity (Wildman–Crippen MR) is 41.9 cm³/mol. The molecule has 1 aliphatic rings. The number of methoxy groups -OCH3 is 1. The van der Waals surface area contributed by atoms with Crippen molar-refractivity contribution in [3.8, 4) is 0 Å². The fraction of sp³-hybridized carbons (Fsp3) is 0.625. The van der Waals surface area contributed by atoms with Crippen LogP contribution < -0.4 is 5.73 Å². The molecule has 0 radical (unpaired) electrons. The molecule has 0 aromatic heterocycles. The molecular weight excluding hydrogens is 142 g/mol. The van der Waals surface area contributed by atoms with Crippen LogP contribution in [0.1, 0.15) is 12.8 Å². The number of ether oxygens (including phenoxy) is 1. The number of nitrogens with two attached hydrogens (primary N) is 1. The molecule has 0 aliphatic heterocycles. The molecule has 0 aromatic rings. The minimum Gasteiger partial charge on any atom is -0.469 e. The van der Waals surface area contributed by atoms with E-state index in [9.17, 15) is 4.79 Å².